The van der Waals surface area contributed by atoms with Crippen LogP contribution in [0, 0.1) is 6.92 Å². The third kappa shape index (κ3) is 5.10. The Hall–Kier alpha value is -2.90. The highest BCUT2D eigenvalue weighted by molar-refractivity contribution is 5.96. The summed E-state index contributed by atoms with van der Waals surface area (Å²) >= 11 is 0. The standard InChI is InChI=1S/C26H30F3N3O2/c1-17-6-11-22(25(34)32-14-4-3-5-18(32)2)23(30-17)19-12-15-31(16-13-19)24(33)20-7-9-21(10-8-20)26(27,28)29/h6-11,18-19H,3-5,12-16H2,1-2H3. The molecule has 182 valence electrons. The molecule has 8 heteroatoms. The number of benzene rings is 1. The summed E-state index contributed by atoms with van der Waals surface area (Å²) in [6.07, 6.45) is 0.0224. The zero-order valence-electron chi connectivity index (χ0n) is 19.6. The fourth-order valence-corrected chi connectivity index (χ4v) is 4.96. The van der Waals surface area contributed by atoms with Gasteiger partial charge in [-0.15, -0.1) is 0 Å². The van der Waals surface area contributed by atoms with Gasteiger partial charge in [-0.25, -0.2) is 0 Å². The highest BCUT2D eigenvalue weighted by Gasteiger charge is 2.33. The van der Waals surface area contributed by atoms with Gasteiger partial charge in [-0.2, -0.15) is 13.2 Å². The van der Waals surface area contributed by atoms with Gasteiger partial charge in [-0.3, -0.25) is 14.6 Å². The molecule has 2 saturated heterocycles. The number of rotatable bonds is 3. The Labute approximate surface area is 198 Å². The summed E-state index contributed by atoms with van der Waals surface area (Å²) in [5, 5.41) is 0. The van der Waals surface area contributed by atoms with Gasteiger partial charge < -0.3 is 9.80 Å². The van der Waals surface area contributed by atoms with E-state index in [9.17, 15) is 22.8 Å². The topological polar surface area (TPSA) is 53.5 Å². The van der Waals surface area contributed by atoms with Crippen molar-refractivity contribution in [2.24, 2.45) is 0 Å². The van der Waals surface area contributed by atoms with E-state index in [1.165, 1.54) is 12.1 Å². The Morgan fingerprint density at radius 2 is 1.59 bits per heavy atom. The van der Waals surface area contributed by atoms with Crippen LogP contribution in [0.25, 0.3) is 0 Å². The number of likely N-dealkylation sites (tertiary alicyclic amines) is 2. The van der Waals surface area contributed by atoms with Crippen LogP contribution in [0.5, 0.6) is 0 Å². The van der Waals surface area contributed by atoms with Crippen LogP contribution in [-0.2, 0) is 6.18 Å². The van der Waals surface area contributed by atoms with Gasteiger partial charge in [0.1, 0.15) is 0 Å². The predicted molar refractivity (Wildman–Crippen MR) is 123 cm³/mol. The normalized spacial score (nSPS) is 19.9. The fraction of sp³-hybridized carbons (Fsp3) is 0.500. The number of pyridine rings is 1. The molecule has 1 aromatic heterocycles. The third-order valence-electron chi connectivity index (χ3n) is 6.99. The second kappa shape index (κ2) is 9.76. The molecule has 2 aromatic rings. The molecular weight excluding hydrogens is 443 g/mol. The zero-order chi connectivity index (χ0) is 24.5. The highest BCUT2D eigenvalue weighted by Crippen LogP contribution is 2.32. The van der Waals surface area contributed by atoms with Gasteiger partial charge in [0.15, 0.2) is 0 Å². The van der Waals surface area contributed by atoms with Gasteiger partial charge in [0.2, 0.25) is 0 Å². The van der Waals surface area contributed by atoms with Crippen molar-refractivity contribution in [1.29, 1.82) is 0 Å². The van der Waals surface area contributed by atoms with Gasteiger partial charge in [0.25, 0.3) is 11.8 Å². The smallest absolute Gasteiger partial charge is 0.339 e. The molecule has 0 N–H and O–H groups in total. The predicted octanol–water partition coefficient (Wildman–Crippen LogP) is 5.44. The number of carbonyl (C=O) groups excluding carboxylic acids is 2. The Morgan fingerprint density at radius 1 is 0.912 bits per heavy atom. The van der Waals surface area contributed by atoms with Crippen molar-refractivity contribution in [1.82, 2.24) is 14.8 Å². The van der Waals surface area contributed by atoms with E-state index in [0.717, 1.165) is 49.3 Å². The minimum atomic E-state index is -4.43. The average molecular weight is 474 g/mol. The lowest BCUT2D eigenvalue weighted by atomic mass is 9.89. The third-order valence-corrected chi connectivity index (χ3v) is 6.99. The van der Waals surface area contributed by atoms with E-state index in [0.29, 0.717) is 31.5 Å². The van der Waals surface area contributed by atoms with E-state index < -0.39 is 11.7 Å². The number of carbonyl (C=O) groups is 2. The van der Waals surface area contributed by atoms with Crippen molar-refractivity contribution >= 4 is 11.8 Å². The molecule has 2 amide bonds. The fourth-order valence-electron chi connectivity index (χ4n) is 4.96. The van der Waals surface area contributed by atoms with E-state index in [1.807, 2.05) is 24.0 Å². The van der Waals surface area contributed by atoms with Crippen LogP contribution in [0.1, 0.15) is 82.6 Å². The Bertz CT molecular complexity index is 1040. The van der Waals surface area contributed by atoms with Crippen LogP contribution >= 0.6 is 0 Å². The number of piperidine rings is 2. The summed E-state index contributed by atoms with van der Waals surface area (Å²) < 4.78 is 38.4. The number of hydrogen-bond donors (Lipinski definition) is 0. The van der Waals surface area contributed by atoms with E-state index in [-0.39, 0.29) is 29.3 Å². The van der Waals surface area contributed by atoms with Crippen molar-refractivity contribution in [3.8, 4) is 0 Å². The van der Waals surface area contributed by atoms with Crippen LogP contribution < -0.4 is 0 Å². The largest absolute Gasteiger partial charge is 0.416 e. The zero-order valence-corrected chi connectivity index (χ0v) is 19.6. The Kier molecular flexibility index (Phi) is 6.96. The van der Waals surface area contributed by atoms with Gasteiger partial charge in [0.05, 0.1) is 16.8 Å². The second-order valence-electron chi connectivity index (χ2n) is 9.37. The number of amides is 2. The van der Waals surface area contributed by atoms with Gasteiger partial charge in [-0.05, 0) is 82.3 Å². The molecule has 4 rings (SSSR count). The van der Waals surface area contributed by atoms with Crippen molar-refractivity contribution in [3.63, 3.8) is 0 Å². The summed E-state index contributed by atoms with van der Waals surface area (Å²) in [4.78, 5) is 34.6. The first kappa shape index (κ1) is 24.2. The number of alkyl halides is 3. The van der Waals surface area contributed by atoms with Gasteiger partial charge in [-0.1, -0.05) is 0 Å². The highest BCUT2D eigenvalue weighted by atomic mass is 19.4. The molecule has 0 radical (unpaired) electrons. The number of nitrogens with zero attached hydrogens (tertiary/aromatic N) is 3. The Balaban J connectivity index is 1.46. The van der Waals surface area contributed by atoms with E-state index in [2.05, 4.69) is 6.92 Å². The van der Waals surface area contributed by atoms with Crippen LogP contribution in [0.4, 0.5) is 13.2 Å². The molecule has 0 bridgehead atoms. The summed E-state index contributed by atoms with van der Waals surface area (Å²) in [7, 11) is 0. The second-order valence-corrected chi connectivity index (χ2v) is 9.37. The van der Waals surface area contributed by atoms with Crippen LogP contribution in [-0.4, -0.2) is 52.3 Å². The molecule has 34 heavy (non-hydrogen) atoms. The maximum Gasteiger partial charge on any atom is 0.416 e. The van der Waals surface area contributed by atoms with Crippen LogP contribution in [0.2, 0.25) is 0 Å². The molecule has 0 aliphatic carbocycles. The SMILES string of the molecule is Cc1ccc(C(=O)N2CCCCC2C)c(C2CCN(C(=O)c3ccc(C(F)(F)F)cc3)CC2)n1. The minimum absolute atomic E-state index is 0.0259. The summed E-state index contributed by atoms with van der Waals surface area (Å²) in [6.45, 7) is 5.68. The number of aromatic nitrogens is 1. The lowest BCUT2D eigenvalue weighted by molar-refractivity contribution is -0.137. The molecule has 0 saturated carbocycles. The van der Waals surface area contributed by atoms with E-state index in [1.54, 1.807) is 4.90 Å². The molecule has 2 fully saturated rings. The molecule has 3 heterocycles. The van der Waals surface area contributed by atoms with Crippen molar-refractivity contribution < 1.29 is 22.8 Å². The Morgan fingerprint density at radius 3 is 2.21 bits per heavy atom. The quantitative estimate of drug-likeness (QED) is 0.596. The maximum atomic E-state index is 13.4. The summed E-state index contributed by atoms with van der Waals surface area (Å²) in [5.74, 6) is -0.198. The van der Waals surface area contributed by atoms with Crippen molar-refractivity contribution in [2.75, 3.05) is 19.6 Å². The molecule has 2 aliphatic heterocycles. The average Bonchev–Trinajstić information content (AvgIpc) is 2.83. The first-order valence-corrected chi connectivity index (χ1v) is 11.9. The van der Waals surface area contributed by atoms with Gasteiger partial charge >= 0.3 is 6.18 Å². The molecule has 5 nitrogen and oxygen atoms in total. The molecule has 1 atom stereocenters. The number of aryl methyl sites for hydroxylation is 1. The van der Waals surface area contributed by atoms with E-state index in [4.69, 9.17) is 4.98 Å². The van der Waals surface area contributed by atoms with Crippen molar-refractivity contribution in [3.05, 3.63) is 64.5 Å². The molecule has 1 aromatic carbocycles. The first-order valence-electron chi connectivity index (χ1n) is 11.9. The van der Waals surface area contributed by atoms with Gasteiger partial charge in [0, 0.05) is 42.9 Å². The maximum absolute atomic E-state index is 13.4. The molecule has 1 unspecified atom stereocenters. The summed E-state index contributed by atoms with van der Waals surface area (Å²) in [6, 6.07) is 8.30. The lowest BCUT2D eigenvalue weighted by Gasteiger charge is -2.35. The molecule has 2 aliphatic rings. The van der Waals surface area contributed by atoms with E-state index >= 15 is 0 Å². The van der Waals surface area contributed by atoms with Crippen LogP contribution in [0.15, 0.2) is 36.4 Å². The monoisotopic (exact) mass is 473 g/mol. The molecule has 0 spiro atoms. The summed E-state index contributed by atoms with van der Waals surface area (Å²) in [5.41, 5.74) is 1.77. The number of hydrogen-bond acceptors (Lipinski definition) is 3. The number of halogens is 3. The van der Waals surface area contributed by atoms with Crippen LogP contribution in [0.3, 0.4) is 0 Å². The molecular formula is C26H30F3N3O2. The van der Waals surface area contributed by atoms with Crippen molar-refractivity contribution in [2.45, 2.75) is 64.1 Å². The first-order chi connectivity index (χ1) is 16.1. The lowest BCUT2D eigenvalue weighted by Crippen LogP contribution is -2.43. The minimum Gasteiger partial charge on any atom is -0.339 e.